The summed E-state index contributed by atoms with van der Waals surface area (Å²) in [5.41, 5.74) is 1.74. The third-order valence-electron chi connectivity index (χ3n) is 2.82. The van der Waals surface area contributed by atoms with Gasteiger partial charge in [0.25, 0.3) is 0 Å². The Labute approximate surface area is 127 Å². The number of hydrogen-bond donors (Lipinski definition) is 2. The molecule has 0 bridgehead atoms. The van der Waals surface area contributed by atoms with Crippen molar-refractivity contribution in [3.8, 4) is 5.75 Å². The van der Waals surface area contributed by atoms with E-state index in [9.17, 15) is 4.79 Å². The number of nitrogens with one attached hydrogen (secondary N) is 2. The lowest BCUT2D eigenvalue weighted by Gasteiger charge is -2.20. The maximum absolute atomic E-state index is 12.0. The van der Waals surface area contributed by atoms with Gasteiger partial charge in [0, 0.05) is 12.1 Å². The SMILES string of the molecule is COc1ccc(CN(C)C)cc1NC(=O)CNC(C)(C)C. The van der Waals surface area contributed by atoms with Crippen molar-refractivity contribution in [2.45, 2.75) is 32.9 Å². The van der Waals surface area contributed by atoms with Gasteiger partial charge in [0.05, 0.1) is 19.3 Å². The number of anilines is 1. The number of carbonyl (C=O) groups excluding carboxylic acids is 1. The molecule has 0 atom stereocenters. The Bertz CT molecular complexity index is 479. The first kappa shape index (κ1) is 17.5. The highest BCUT2D eigenvalue weighted by Crippen LogP contribution is 2.25. The summed E-state index contributed by atoms with van der Waals surface area (Å²) < 4.78 is 5.30. The predicted octanol–water partition coefficient (Wildman–Crippen LogP) is 2.08. The number of methoxy groups -OCH3 is 1. The molecule has 1 amide bonds. The highest BCUT2D eigenvalue weighted by molar-refractivity contribution is 5.93. The highest BCUT2D eigenvalue weighted by Gasteiger charge is 2.13. The van der Waals surface area contributed by atoms with Crippen molar-refractivity contribution >= 4 is 11.6 Å². The van der Waals surface area contributed by atoms with Crippen molar-refractivity contribution < 1.29 is 9.53 Å². The van der Waals surface area contributed by atoms with Crippen LogP contribution in [0.5, 0.6) is 5.75 Å². The maximum atomic E-state index is 12.0. The molecule has 5 nitrogen and oxygen atoms in total. The first-order valence-electron chi connectivity index (χ1n) is 7.08. The summed E-state index contributed by atoms with van der Waals surface area (Å²) in [7, 11) is 5.62. The number of carbonyl (C=O) groups is 1. The predicted molar refractivity (Wildman–Crippen MR) is 86.8 cm³/mol. The van der Waals surface area contributed by atoms with Gasteiger partial charge in [-0.25, -0.2) is 0 Å². The van der Waals surface area contributed by atoms with Crippen LogP contribution in [0.3, 0.4) is 0 Å². The molecule has 0 unspecified atom stereocenters. The Balaban J connectivity index is 2.77. The Hall–Kier alpha value is -1.59. The summed E-state index contributed by atoms with van der Waals surface area (Å²) in [6.45, 7) is 7.16. The van der Waals surface area contributed by atoms with Crippen LogP contribution in [0.1, 0.15) is 26.3 Å². The van der Waals surface area contributed by atoms with Crippen molar-refractivity contribution in [3.63, 3.8) is 0 Å². The number of nitrogens with zero attached hydrogens (tertiary/aromatic N) is 1. The van der Waals surface area contributed by atoms with Crippen molar-refractivity contribution in [2.24, 2.45) is 0 Å². The Kier molecular flexibility index (Phi) is 6.18. The molecule has 5 heteroatoms. The first-order chi connectivity index (χ1) is 9.71. The van der Waals surface area contributed by atoms with Crippen molar-refractivity contribution in [1.29, 1.82) is 0 Å². The van der Waals surface area contributed by atoms with Gasteiger partial charge in [0.15, 0.2) is 0 Å². The van der Waals surface area contributed by atoms with E-state index in [0.29, 0.717) is 11.4 Å². The fraction of sp³-hybridized carbons (Fsp3) is 0.562. The van der Waals surface area contributed by atoms with Crippen molar-refractivity contribution in [1.82, 2.24) is 10.2 Å². The van der Waals surface area contributed by atoms with E-state index in [1.165, 1.54) is 0 Å². The van der Waals surface area contributed by atoms with Crippen LogP contribution < -0.4 is 15.4 Å². The fourth-order valence-electron chi connectivity index (χ4n) is 1.86. The molecule has 118 valence electrons. The second-order valence-corrected chi connectivity index (χ2v) is 6.42. The summed E-state index contributed by atoms with van der Waals surface area (Å²) in [4.78, 5) is 14.1. The molecule has 0 saturated heterocycles. The van der Waals surface area contributed by atoms with Gasteiger partial charge in [-0.2, -0.15) is 0 Å². The zero-order valence-corrected chi connectivity index (χ0v) is 13.9. The van der Waals surface area contributed by atoms with Crippen LogP contribution in [0.25, 0.3) is 0 Å². The molecular formula is C16H27N3O2. The Morgan fingerprint density at radius 2 is 1.95 bits per heavy atom. The molecule has 0 spiro atoms. The third-order valence-corrected chi connectivity index (χ3v) is 2.82. The van der Waals surface area contributed by atoms with Gasteiger partial charge in [-0.3, -0.25) is 4.79 Å². The summed E-state index contributed by atoms with van der Waals surface area (Å²) in [6.07, 6.45) is 0. The smallest absolute Gasteiger partial charge is 0.238 e. The first-order valence-corrected chi connectivity index (χ1v) is 7.08. The normalized spacial score (nSPS) is 11.6. The fourth-order valence-corrected chi connectivity index (χ4v) is 1.86. The topological polar surface area (TPSA) is 53.6 Å². The quantitative estimate of drug-likeness (QED) is 0.843. The third kappa shape index (κ3) is 6.60. The minimum absolute atomic E-state index is 0.0785. The lowest BCUT2D eigenvalue weighted by Crippen LogP contribution is -2.41. The van der Waals surface area contributed by atoms with Gasteiger partial charge in [-0.1, -0.05) is 6.07 Å². The molecule has 1 rings (SSSR count). The van der Waals surface area contributed by atoms with Gasteiger partial charge in [-0.15, -0.1) is 0 Å². The van der Waals surface area contributed by atoms with Crippen molar-refractivity contribution in [2.75, 3.05) is 33.1 Å². The van der Waals surface area contributed by atoms with E-state index in [-0.39, 0.29) is 18.0 Å². The van der Waals surface area contributed by atoms with E-state index < -0.39 is 0 Å². The average Bonchev–Trinajstić information content (AvgIpc) is 2.35. The lowest BCUT2D eigenvalue weighted by molar-refractivity contribution is -0.115. The second-order valence-electron chi connectivity index (χ2n) is 6.42. The van der Waals surface area contributed by atoms with Crippen LogP contribution in [0.15, 0.2) is 18.2 Å². The minimum atomic E-state index is -0.0891. The number of rotatable bonds is 6. The van der Waals surface area contributed by atoms with E-state index in [1.54, 1.807) is 7.11 Å². The molecule has 0 aliphatic heterocycles. The van der Waals surface area contributed by atoms with Gasteiger partial charge in [0.1, 0.15) is 5.75 Å². The molecule has 0 aromatic heterocycles. The second kappa shape index (κ2) is 7.43. The molecule has 0 radical (unpaired) electrons. The molecule has 2 N–H and O–H groups in total. The van der Waals surface area contributed by atoms with Crippen LogP contribution in [-0.4, -0.2) is 44.1 Å². The van der Waals surface area contributed by atoms with Crippen LogP contribution in [0.4, 0.5) is 5.69 Å². The molecule has 1 aromatic rings. The lowest BCUT2D eigenvalue weighted by atomic mass is 10.1. The van der Waals surface area contributed by atoms with E-state index >= 15 is 0 Å². The molecule has 1 aromatic carbocycles. The monoisotopic (exact) mass is 293 g/mol. The molecule has 0 fully saturated rings. The zero-order chi connectivity index (χ0) is 16.0. The molecule has 21 heavy (non-hydrogen) atoms. The van der Waals surface area contributed by atoms with Gasteiger partial charge in [0.2, 0.25) is 5.91 Å². The zero-order valence-electron chi connectivity index (χ0n) is 13.9. The van der Waals surface area contributed by atoms with Gasteiger partial charge >= 0.3 is 0 Å². The van der Waals surface area contributed by atoms with Crippen LogP contribution >= 0.6 is 0 Å². The van der Waals surface area contributed by atoms with E-state index in [0.717, 1.165) is 12.1 Å². The standard InChI is InChI=1S/C16H27N3O2/c1-16(2,3)17-10-15(20)18-13-9-12(11-19(4)5)7-8-14(13)21-6/h7-9,17H,10-11H2,1-6H3,(H,18,20). The summed E-state index contributed by atoms with van der Waals surface area (Å²) in [6, 6.07) is 5.83. The number of hydrogen-bond acceptors (Lipinski definition) is 4. The minimum Gasteiger partial charge on any atom is -0.495 e. The average molecular weight is 293 g/mol. The summed E-state index contributed by atoms with van der Waals surface area (Å²) in [5, 5.41) is 6.07. The summed E-state index contributed by atoms with van der Waals surface area (Å²) in [5.74, 6) is 0.590. The summed E-state index contributed by atoms with van der Waals surface area (Å²) >= 11 is 0. The van der Waals surface area contributed by atoms with E-state index in [2.05, 4.69) is 15.5 Å². The Morgan fingerprint density at radius 1 is 1.29 bits per heavy atom. The Morgan fingerprint density at radius 3 is 2.48 bits per heavy atom. The molecule has 0 saturated carbocycles. The van der Waals surface area contributed by atoms with E-state index in [1.807, 2.05) is 53.1 Å². The number of ether oxygens (including phenoxy) is 1. The number of benzene rings is 1. The van der Waals surface area contributed by atoms with Gasteiger partial charge in [-0.05, 0) is 52.6 Å². The maximum Gasteiger partial charge on any atom is 0.238 e. The van der Waals surface area contributed by atoms with Crippen LogP contribution in [0, 0.1) is 0 Å². The molecule has 0 aliphatic carbocycles. The largest absolute Gasteiger partial charge is 0.495 e. The molecule has 0 heterocycles. The molecular weight excluding hydrogens is 266 g/mol. The van der Waals surface area contributed by atoms with Crippen LogP contribution in [0.2, 0.25) is 0 Å². The van der Waals surface area contributed by atoms with E-state index in [4.69, 9.17) is 4.74 Å². The number of amides is 1. The van der Waals surface area contributed by atoms with Crippen LogP contribution in [-0.2, 0) is 11.3 Å². The van der Waals surface area contributed by atoms with Gasteiger partial charge < -0.3 is 20.3 Å². The molecule has 0 aliphatic rings. The van der Waals surface area contributed by atoms with Crippen molar-refractivity contribution in [3.05, 3.63) is 23.8 Å². The highest BCUT2D eigenvalue weighted by atomic mass is 16.5.